The maximum Gasteiger partial charge on any atom is 0.225 e. The van der Waals surface area contributed by atoms with Crippen LogP contribution in [0.15, 0.2) is 42.7 Å². The van der Waals surface area contributed by atoms with Crippen LogP contribution in [0.3, 0.4) is 0 Å². The average Bonchev–Trinajstić information content (AvgIpc) is 2.54. The normalized spacial score (nSPS) is 11.6. The topological polar surface area (TPSA) is 68.3 Å². The van der Waals surface area contributed by atoms with Gasteiger partial charge in [0.2, 0.25) is 5.91 Å². The van der Waals surface area contributed by atoms with Crippen LogP contribution < -0.4 is 10.1 Å². The highest BCUT2D eigenvalue weighted by molar-refractivity contribution is 6.01. The second-order valence-electron chi connectivity index (χ2n) is 5.10. The molecule has 2 aromatic rings. The molecule has 1 N–H and O–H groups in total. The number of rotatable bonds is 6. The Labute approximate surface area is 133 Å². The predicted molar refractivity (Wildman–Crippen MR) is 83.9 cm³/mol. The number of nitrogens with zero attached hydrogens (tertiary/aromatic N) is 1. The summed E-state index contributed by atoms with van der Waals surface area (Å²) >= 11 is 0. The minimum absolute atomic E-state index is 0.0204. The molecule has 0 aliphatic heterocycles. The highest BCUT2D eigenvalue weighted by Crippen LogP contribution is 2.22. The average molecular weight is 316 g/mol. The molecule has 0 radical (unpaired) electrons. The Kier molecular flexibility index (Phi) is 5.41. The van der Waals surface area contributed by atoms with Gasteiger partial charge in [-0.2, -0.15) is 0 Å². The molecule has 0 bridgehead atoms. The molecule has 0 spiro atoms. The molecule has 0 unspecified atom stereocenters. The number of methoxy groups -OCH3 is 1. The Morgan fingerprint density at radius 1 is 1.35 bits per heavy atom. The van der Waals surface area contributed by atoms with Crippen molar-refractivity contribution >= 4 is 17.4 Å². The molecule has 0 saturated carbocycles. The van der Waals surface area contributed by atoms with Gasteiger partial charge in [-0.05, 0) is 12.1 Å². The van der Waals surface area contributed by atoms with Crippen LogP contribution in [0.4, 0.5) is 10.1 Å². The van der Waals surface area contributed by atoms with Gasteiger partial charge in [-0.3, -0.25) is 14.6 Å². The minimum atomic E-state index is -0.570. The predicted octanol–water partition coefficient (Wildman–Crippen LogP) is 3.08. The first-order valence-electron chi connectivity index (χ1n) is 7.09. The molecule has 0 saturated heterocycles. The second kappa shape index (κ2) is 7.49. The van der Waals surface area contributed by atoms with E-state index < -0.39 is 11.7 Å². The lowest BCUT2D eigenvalue weighted by atomic mass is 9.96. The van der Waals surface area contributed by atoms with E-state index in [2.05, 4.69) is 10.3 Å². The van der Waals surface area contributed by atoms with Crippen molar-refractivity contribution in [2.24, 2.45) is 5.92 Å². The molecule has 1 heterocycles. The Hall–Kier alpha value is -2.76. The van der Waals surface area contributed by atoms with E-state index in [0.717, 1.165) is 0 Å². The Morgan fingerprint density at radius 2 is 2.13 bits per heavy atom. The van der Waals surface area contributed by atoms with Gasteiger partial charge in [0.05, 0.1) is 13.3 Å². The smallest absolute Gasteiger partial charge is 0.225 e. The number of benzene rings is 1. The lowest BCUT2D eigenvalue weighted by Crippen LogP contribution is -2.21. The van der Waals surface area contributed by atoms with Gasteiger partial charge in [-0.15, -0.1) is 0 Å². The van der Waals surface area contributed by atoms with Crippen LogP contribution in [0.25, 0.3) is 0 Å². The number of aromatic nitrogens is 1. The highest BCUT2D eigenvalue weighted by Gasteiger charge is 2.19. The van der Waals surface area contributed by atoms with E-state index >= 15 is 0 Å². The number of amides is 1. The van der Waals surface area contributed by atoms with E-state index in [4.69, 9.17) is 4.74 Å². The number of pyridine rings is 1. The van der Waals surface area contributed by atoms with Crippen molar-refractivity contribution in [3.63, 3.8) is 0 Å². The summed E-state index contributed by atoms with van der Waals surface area (Å²) in [6.07, 6.45) is 2.99. The first kappa shape index (κ1) is 16.6. The molecule has 1 amide bonds. The fourth-order valence-electron chi connectivity index (χ4n) is 2.15. The summed E-state index contributed by atoms with van der Waals surface area (Å²) in [5.74, 6) is -1.18. The number of nitrogens with one attached hydrogen (secondary N) is 1. The third kappa shape index (κ3) is 4.35. The second-order valence-corrected chi connectivity index (χ2v) is 5.10. The fraction of sp³-hybridized carbons (Fsp3) is 0.235. The Balaban J connectivity index is 2.01. The molecule has 2 rings (SSSR count). The SMILES string of the molecule is COc1ccncc1NC(=O)C[C@@H](C)C(=O)c1cccc(F)c1. The summed E-state index contributed by atoms with van der Waals surface area (Å²) in [4.78, 5) is 28.2. The molecule has 23 heavy (non-hydrogen) atoms. The van der Waals surface area contributed by atoms with E-state index in [1.54, 1.807) is 19.2 Å². The summed E-state index contributed by atoms with van der Waals surface area (Å²) in [7, 11) is 1.49. The van der Waals surface area contributed by atoms with Crippen molar-refractivity contribution in [1.29, 1.82) is 0 Å². The number of Topliss-reactive ketones (excluding diaryl/α,β-unsaturated/α-hetero) is 1. The monoisotopic (exact) mass is 316 g/mol. The summed E-state index contributed by atoms with van der Waals surface area (Å²) in [5, 5.41) is 2.66. The molecule has 0 fully saturated rings. The van der Waals surface area contributed by atoms with Crippen LogP contribution in [0.5, 0.6) is 5.75 Å². The van der Waals surface area contributed by atoms with Crippen molar-refractivity contribution in [3.05, 3.63) is 54.1 Å². The van der Waals surface area contributed by atoms with Crippen LogP contribution in [0, 0.1) is 11.7 Å². The molecule has 1 aromatic carbocycles. The van der Waals surface area contributed by atoms with Crippen LogP contribution >= 0.6 is 0 Å². The molecule has 5 nitrogen and oxygen atoms in total. The van der Waals surface area contributed by atoms with Crippen molar-refractivity contribution in [2.45, 2.75) is 13.3 Å². The first-order chi connectivity index (χ1) is 11.0. The van der Waals surface area contributed by atoms with Crippen LogP contribution in [-0.2, 0) is 4.79 Å². The van der Waals surface area contributed by atoms with Crippen LogP contribution in [0.1, 0.15) is 23.7 Å². The lowest BCUT2D eigenvalue weighted by molar-refractivity contribution is -0.116. The van der Waals surface area contributed by atoms with Gasteiger partial charge in [0, 0.05) is 30.2 Å². The lowest BCUT2D eigenvalue weighted by Gasteiger charge is -2.12. The Morgan fingerprint density at radius 3 is 2.83 bits per heavy atom. The van der Waals surface area contributed by atoms with Crippen molar-refractivity contribution < 1.29 is 18.7 Å². The zero-order valence-corrected chi connectivity index (χ0v) is 12.9. The van der Waals surface area contributed by atoms with Gasteiger partial charge in [-0.25, -0.2) is 4.39 Å². The molecular weight excluding hydrogens is 299 g/mol. The molecule has 0 aliphatic carbocycles. The molecular formula is C17H17FN2O3. The number of anilines is 1. The zero-order chi connectivity index (χ0) is 16.8. The molecule has 1 atom stereocenters. The van der Waals surface area contributed by atoms with Gasteiger partial charge >= 0.3 is 0 Å². The number of hydrogen-bond acceptors (Lipinski definition) is 4. The molecule has 6 heteroatoms. The van der Waals surface area contributed by atoms with Gasteiger partial charge < -0.3 is 10.1 Å². The fourth-order valence-corrected chi connectivity index (χ4v) is 2.15. The van der Waals surface area contributed by atoms with Gasteiger partial charge in [-0.1, -0.05) is 19.1 Å². The quantitative estimate of drug-likeness (QED) is 0.832. The largest absolute Gasteiger partial charge is 0.494 e. The van der Waals surface area contributed by atoms with E-state index in [1.807, 2.05) is 0 Å². The standard InChI is InChI=1S/C17H17FN2O3/c1-11(17(22)12-4-3-5-13(18)9-12)8-16(21)20-14-10-19-7-6-15(14)23-2/h3-7,9-11H,8H2,1-2H3,(H,20,21)/t11-/m1/s1. The number of carbonyl (C=O) groups is 2. The number of halogens is 1. The summed E-state index contributed by atoms with van der Waals surface area (Å²) in [6, 6.07) is 7.06. The zero-order valence-electron chi connectivity index (χ0n) is 12.9. The van der Waals surface area contributed by atoms with Crippen molar-refractivity contribution in [2.75, 3.05) is 12.4 Å². The minimum Gasteiger partial charge on any atom is -0.494 e. The first-order valence-corrected chi connectivity index (χ1v) is 7.09. The number of ether oxygens (including phenoxy) is 1. The molecule has 1 aromatic heterocycles. The van der Waals surface area contributed by atoms with Gasteiger partial charge in [0.25, 0.3) is 0 Å². The summed E-state index contributed by atoms with van der Waals surface area (Å²) in [5.41, 5.74) is 0.690. The highest BCUT2D eigenvalue weighted by atomic mass is 19.1. The maximum absolute atomic E-state index is 13.2. The van der Waals surface area contributed by atoms with E-state index in [0.29, 0.717) is 11.4 Å². The van der Waals surface area contributed by atoms with E-state index in [9.17, 15) is 14.0 Å². The third-order valence-electron chi connectivity index (χ3n) is 3.32. The van der Waals surface area contributed by atoms with Crippen LogP contribution in [0.2, 0.25) is 0 Å². The van der Waals surface area contributed by atoms with Crippen molar-refractivity contribution in [3.8, 4) is 5.75 Å². The van der Waals surface area contributed by atoms with Gasteiger partial charge in [0.15, 0.2) is 5.78 Å². The third-order valence-corrected chi connectivity index (χ3v) is 3.32. The summed E-state index contributed by atoms with van der Waals surface area (Å²) < 4.78 is 18.3. The molecule has 120 valence electrons. The number of carbonyl (C=O) groups excluding carboxylic acids is 2. The van der Waals surface area contributed by atoms with Crippen molar-refractivity contribution in [1.82, 2.24) is 4.98 Å². The molecule has 0 aliphatic rings. The van der Waals surface area contributed by atoms with E-state index in [1.165, 1.54) is 37.6 Å². The maximum atomic E-state index is 13.2. The summed E-state index contributed by atoms with van der Waals surface area (Å²) in [6.45, 7) is 1.63. The number of ketones is 1. The van der Waals surface area contributed by atoms with E-state index in [-0.39, 0.29) is 23.7 Å². The van der Waals surface area contributed by atoms with Crippen LogP contribution in [-0.4, -0.2) is 23.8 Å². The number of hydrogen-bond donors (Lipinski definition) is 1. The van der Waals surface area contributed by atoms with Gasteiger partial charge in [0.1, 0.15) is 17.3 Å². The Bertz CT molecular complexity index is 718.